The minimum Gasteiger partial charge on any atom is -0.356 e. The van der Waals surface area contributed by atoms with Gasteiger partial charge in [-0.15, -0.1) is 0 Å². The van der Waals surface area contributed by atoms with Crippen LogP contribution in [0.5, 0.6) is 0 Å². The van der Waals surface area contributed by atoms with Gasteiger partial charge in [-0.05, 0) is 37.1 Å². The quantitative estimate of drug-likeness (QED) is 0.789. The van der Waals surface area contributed by atoms with Crippen molar-refractivity contribution in [2.75, 3.05) is 31.1 Å². The van der Waals surface area contributed by atoms with Gasteiger partial charge in [-0.25, -0.2) is 8.97 Å². The van der Waals surface area contributed by atoms with Gasteiger partial charge in [-0.3, -0.25) is 4.79 Å². The van der Waals surface area contributed by atoms with Crippen molar-refractivity contribution in [1.29, 1.82) is 0 Å². The van der Waals surface area contributed by atoms with Crippen LogP contribution in [0.15, 0.2) is 35.1 Å². The van der Waals surface area contributed by atoms with Crippen LogP contribution in [-0.2, 0) is 6.42 Å². The molecule has 148 valence electrons. The third-order valence-electron chi connectivity index (χ3n) is 6.08. The van der Waals surface area contributed by atoms with Gasteiger partial charge in [-0.1, -0.05) is 24.6 Å². The van der Waals surface area contributed by atoms with Crippen molar-refractivity contribution in [2.45, 2.75) is 38.5 Å². The van der Waals surface area contributed by atoms with Crippen LogP contribution < -0.4 is 10.5 Å². The van der Waals surface area contributed by atoms with E-state index in [4.69, 9.17) is 11.6 Å². The lowest BCUT2D eigenvalue weighted by molar-refractivity contribution is -0.531. The second kappa shape index (κ2) is 8.08. The molecular formula is C22H26ClFN3O+. The van der Waals surface area contributed by atoms with Crippen molar-refractivity contribution < 1.29 is 8.97 Å². The summed E-state index contributed by atoms with van der Waals surface area (Å²) in [4.78, 5) is 17.3. The van der Waals surface area contributed by atoms with Crippen LogP contribution in [0.2, 0.25) is 5.02 Å². The van der Waals surface area contributed by atoms with Crippen molar-refractivity contribution >= 4 is 23.0 Å². The van der Waals surface area contributed by atoms with Gasteiger partial charge in [0.1, 0.15) is 5.82 Å². The Hall–Kier alpha value is -2.14. The van der Waals surface area contributed by atoms with Crippen molar-refractivity contribution in [3.63, 3.8) is 0 Å². The van der Waals surface area contributed by atoms with Gasteiger partial charge in [0.2, 0.25) is 0 Å². The molecule has 4 nitrogen and oxygen atoms in total. The fourth-order valence-electron chi connectivity index (χ4n) is 4.42. The van der Waals surface area contributed by atoms with E-state index in [0.29, 0.717) is 16.6 Å². The van der Waals surface area contributed by atoms with E-state index < -0.39 is 0 Å². The van der Waals surface area contributed by atoms with Crippen molar-refractivity contribution in [3.8, 4) is 0 Å². The second-order valence-electron chi connectivity index (χ2n) is 7.70. The number of hydrogen-bond donors (Lipinski definition) is 1. The molecule has 1 aliphatic carbocycles. The van der Waals surface area contributed by atoms with E-state index >= 15 is 0 Å². The number of aromatic nitrogens is 1. The zero-order chi connectivity index (χ0) is 19.7. The Morgan fingerprint density at radius 3 is 2.71 bits per heavy atom. The average molecular weight is 403 g/mol. The van der Waals surface area contributed by atoms with E-state index in [9.17, 15) is 9.18 Å². The molecule has 0 spiro atoms. The third-order valence-corrected chi connectivity index (χ3v) is 6.31. The van der Waals surface area contributed by atoms with Gasteiger partial charge >= 0.3 is 0 Å². The molecule has 1 saturated carbocycles. The van der Waals surface area contributed by atoms with Crippen LogP contribution in [0.3, 0.4) is 0 Å². The molecule has 0 bridgehead atoms. The van der Waals surface area contributed by atoms with E-state index in [2.05, 4.69) is 20.5 Å². The fraction of sp³-hybridized carbons (Fsp3) is 0.455. The first-order chi connectivity index (χ1) is 13.5. The van der Waals surface area contributed by atoms with Crippen LogP contribution in [0, 0.1) is 5.82 Å². The zero-order valence-electron chi connectivity index (χ0n) is 16.2. The Morgan fingerprint density at radius 1 is 1.25 bits per heavy atom. The highest BCUT2D eigenvalue weighted by Crippen LogP contribution is 2.32. The van der Waals surface area contributed by atoms with Crippen LogP contribution in [-0.4, -0.2) is 41.5 Å². The summed E-state index contributed by atoms with van der Waals surface area (Å²) in [6, 6.07) is 8.93. The number of nitrogens with zero attached hydrogens (tertiary/aromatic N) is 2. The first-order valence-electron chi connectivity index (χ1n) is 10.1. The van der Waals surface area contributed by atoms with Gasteiger partial charge < -0.3 is 9.88 Å². The topological polar surface area (TPSA) is 39.1 Å². The van der Waals surface area contributed by atoms with Crippen LogP contribution in [0.25, 0.3) is 0 Å². The smallest absolute Gasteiger partial charge is 0.251 e. The lowest BCUT2D eigenvalue weighted by Crippen LogP contribution is -2.44. The number of nitrogens with one attached hydrogen (secondary N) is 1. The summed E-state index contributed by atoms with van der Waals surface area (Å²) < 4.78 is 16.6. The monoisotopic (exact) mass is 402 g/mol. The number of aromatic amines is 1. The molecule has 1 aliphatic heterocycles. The van der Waals surface area contributed by atoms with Gasteiger partial charge in [0, 0.05) is 35.0 Å². The van der Waals surface area contributed by atoms with Crippen LogP contribution in [0.1, 0.15) is 43.4 Å². The van der Waals surface area contributed by atoms with E-state index in [1.807, 2.05) is 13.0 Å². The van der Waals surface area contributed by atoms with Crippen molar-refractivity contribution in [3.05, 3.63) is 62.8 Å². The summed E-state index contributed by atoms with van der Waals surface area (Å²) in [7, 11) is 0. The summed E-state index contributed by atoms with van der Waals surface area (Å²) in [5, 5.41) is 0.428. The van der Waals surface area contributed by atoms with Gasteiger partial charge in [-0.2, -0.15) is 0 Å². The molecule has 0 amide bonds. The molecule has 0 radical (unpaired) electrons. The first kappa shape index (κ1) is 19.2. The second-order valence-corrected chi connectivity index (χ2v) is 8.13. The van der Waals surface area contributed by atoms with Crippen LogP contribution >= 0.6 is 11.6 Å². The maximum Gasteiger partial charge on any atom is 0.251 e. The molecule has 1 aromatic heterocycles. The highest BCUT2D eigenvalue weighted by atomic mass is 35.5. The summed E-state index contributed by atoms with van der Waals surface area (Å²) in [5.41, 5.74) is 4.04. The Bertz CT molecular complexity index is 958. The van der Waals surface area contributed by atoms with Gasteiger partial charge in [0.25, 0.3) is 5.56 Å². The van der Waals surface area contributed by atoms with Crippen LogP contribution in [0.4, 0.5) is 10.1 Å². The molecule has 0 unspecified atom stereocenters. The maximum absolute atomic E-state index is 14.2. The SMILES string of the molecule is CCc1ccc([C@@H]2CCC(=[N+]3CCN(c4ccc(Cl)cc4F)CC3)C2)[nH]c1=O. The maximum atomic E-state index is 14.2. The number of hydrogen-bond acceptors (Lipinski definition) is 2. The van der Waals surface area contributed by atoms with E-state index in [1.165, 1.54) is 11.8 Å². The summed E-state index contributed by atoms with van der Waals surface area (Å²) in [6.45, 7) is 5.40. The molecule has 1 N–H and O–H groups in total. The van der Waals surface area contributed by atoms with Gasteiger partial charge in [0.15, 0.2) is 18.8 Å². The number of anilines is 1. The molecule has 2 heterocycles. The Labute approximate surface area is 169 Å². The van der Waals surface area contributed by atoms with E-state index in [-0.39, 0.29) is 11.4 Å². The first-order valence-corrected chi connectivity index (χ1v) is 10.4. The lowest BCUT2D eigenvalue weighted by atomic mass is 10.0. The number of benzene rings is 1. The highest BCUT2D eigenvalue weighted by molar-refractivity contribution is 6.30. The normalized spacial score (nSPS) is 20.1. The van der Waals surface area contributed by atoms with Gasteiger partial charge in [0.05, 0.1) is 18.8 Å². The molecule has 6 heteroatoms. The Morgan fingerprint density at radius 2 is 2.04 bits per heavy atom. The third kappa shape index (κ3) is 3.86. The summed E-state index contributed by atoms with van der Waals surface area (Å²) >= 11 is 5.86. The summed E-state index contributed by atoms with van der Waals surface area (Å²) in [6.07, 6.45) is 3.90. The number of halogens is 2. The number of aryl methyl sites for hydroxylation is 1. The Kier molecular flexibility index (Phi) is 5.54. The van der Waals surface area contributed by atoms with E-state index in [1.54, 1.807) is 12.1 Å². The highest BCUT2D eigenvalue weighted by Gasteiger charge is 2.31. The van der Waals surface area contributed by atoms with E-state index in [0.717, 1.165) is 63.1 Å². The summed E-state index contributed by atoms with van der Waals surface area (Å²) in [5.74, 6) is 0.134. The number of H-pyrrole nitrogens is 1. The molecular weight excluding hydrogens is 377 g/mol. The standard InChI is InChI=1S/C22H25ClFN3O/c1-2-15-4-7-20(25-22(15)28)16-3-6-18(13-16)26-9-11-27(12-10-26)21-8-5-17(23)14-19(21)24/h4-5,7-8,14,16H,2-3,6,9-13H2,1H3/p+1/t16-/m1/s1. The minimum atomic E-state index is -0.256. The molecule has 2 fully saturated rings. The predicted octanol–water partition coefficient (Wildman–Crippen LogP) is 3.97. The molecule has 1 saturated heterocycles. The molecule has 1 atom stereocenters. The fourth-order valence-corrected chi connectivity index (χ4v) is 4.58. The Balaban J connectivity index is 1.43. The molecule has 4 rings (SSSR count). The predicted molar refractivity (Wildman–Crippen MR) is 112 cm³/mol. The lowest BCUT2D eigenvalue weighted by Gasteiger charge is -2.28. The molecule has 1 aromatic carbocycles. The largest absolute Gasteiger partial charge is 0.356 e. The van der Waals surface area contributed by atoms with Crippen molar-refractivity contribution in [2.24, 2.45) is 0 Å². The number of piperazine rings is 1. The average Bonchev–Trinajstić information content (AvgIpc) is 3.18. The molecule has 2 aromatic rings. The molecule has 2 aliphatic rings. The molecule has 28 heavy (non-hydrogen) atoms. The minimum absolute atomic E-state index is 0.0482. The number of rotatable bonds is 3. The zero-order valence-corrected chi connectivity index (χ0v) is 16.9. The van der Waals surface area contributed by atoms with Crippen molar-refractivity contribution in [1.82, 2.24) is 4.98 Å². The number of pyridine rings is 1.